The molecule has 0 saturated carbocycles. The standard InChI is InChI=1S/C47H59N7O16/c1-47(26-48-24-29-7-6-8-32(19-29)69-2,27-49-25-30-20-33(70-3)14-16-38(30)55)23-28-10-12-31(13-11-28)51-37(22-41(60)61)43(63)52-36(21-40(58)59)42(62)50-18-5-4-9-34(44(64)65)53-46(68)54-35(45(66)67)15-17-39(56)57/h6-8,10-14,16,19-20,24-25,34-37,51,55H,4-5,9,15,17-18,21-23,26-27H2,1-3H3,(H,50,62)(H,52,63)(H,56,57)(H,58,59)(H,60,61)(H,64,65)(H,66,67)(H2,53,54,68). The van der Waals surface area contributed by atoms with Crippen LogP contribution in [0.2, 0.25) is 0 Å². The largest absolute Gasteiger partial charge is 0.507 e. The molecule has 23 heteroatoms. The topological polar surface area (TPSA) is 361 Å². The van der Waals surface area contributed by atoms with Gasteiger partial charge in [0.2, 0.25) is 11.8 Å². The summed E-state index contributed by atoms with van der Waals surface area (Å²) in [5, 5.41) is 68.9. The van der Waals surface area contributed by atoms with Crippen LogP contribution in [-0.4, -0.2) is 149 Å². The quantitative estimate of drug-likeness (QED) is 0.0326. The number of aliphatic carboxylic acids is 5. The maximum absolute atomic E-state index is 13.5. The summed E-state index contributed by atoms with van der Waals surface area (Å²) in [7, 11) is 3.08. The van der Waals surface area contributed by atoms with Gasteiger partial charge in [0.1, 0.15) is 41.4 Å². The Kier molecular flexibility index (Phi) is 22.6. The highest BCUT2D eigenvalue weighted by molar-refractivity contribution is 5.95. The molecule has 23 nitrogen and oxygen atoms in total. The third kappa shape index (κ3) is 20.3. The van der Waals surface area contributed by atoms with E-state index in [-0.39, 0.29) is 38.1 Å². The third-order valence-corrected chi connectivity index (χ3v) is 10.5. The number of carbonyl (C=O) groups is 8. The minimum absolute atomic E-state index is 0.0225. The number of aromatic hydroxyl groups is 1. The molecule has 11 N–H and O–H groups in total. The first kappa shape index (κ1) is 56.1. The van der Waals surface area contributed by atoms with E-state index in [1.807, 2.05) is 36.5 Å². The number of benzene rings is 3. The molecule has 0 radical (unpaired) electrons. The van der Waals surface area contributed by atoms with E-state index in [0.29, 0.717) is 35.7 Å². The molecule has 5 unspecified atom stereocenters. The number of methoxy groups -OCH3 is 2. The van der Waals surface area contributed by atoms with Gasteiger partial charge in [0, 0.05) is 55.2 Å². The highest BCUT2D eigenvalue weighted by atomic mass is 16.5. The lowest BCUT2D eigenvalue weighted by molar-refractivity contribution is -0.142. The molecular weight excluding hydrogens is 919 g/mol. The highest BCUT2D eigenvalue weighted by Crippen LogP contribution is 2.27. The van der Waals surface area contributed by atoms with Crippen LogP contribution in [0.5, 0.6) is 17.2 Å². The van der Waals surface area contributed by atoms with Gasteiger partial charge in [0.25, 0.3) is 0 Å². The van der Waals surface area contributed by atoms with E-state index in [9.17, 15) is 63.9 Å². The predicted octanol–water partition coefficient (Wildman–Crippen LogP) is 2.77. The number of carboxylic acids is 5. The number of carboxylic acid groups (broad SMARTS) is 5. The summed E-state index contributed by atoms with van der Waals surface area (Å²) in [6.07, 6.45) is 1.10. The summed E-state index contributed by atoms with van der Waals surface area (Å²) < 4.78 is 10.6. The van der Waals surface area contributed by atoms with Crippen LogP contribution >= 0.6 is 0 Å². The first-order valence-corrected chi connectivity index (χ1v) is 21.8. The molecule has 0 aliphatic heterocycles. The number of carbonyl (C=O) groups excluding carboxylic acids is 3. The van der Waals surface area contributed by atoms with Gasteiger partial charge in [0.05, 0.1) is 27.1 Å². The maximum Gasteiger partial charge on any atom is 0.326 e. The Morgan fingerprint density at radius 3 is 1.86 bits per heavy atom. The summed E-state index contributed by atoms with van der Waals surface area (Å²) in [4.78, 5) is 106. The van der Waals surface area contributed by atoms with E-state index < -0.39 is 103 Å². The molecule has 0 heterocycles. The molecule has 3 aromatic carbocycles. The Hall–Kier alpha value is -8.24. The van der Waals surface area contributed by atoms with Crippen molar-refractivity contribution in [3.05, 3.63) is 83.4 Å². The molecule has 70 heavy (non-hydrogen) atoms. The molecule has 5 atom stereocenters. The van der Waals surface area contributed by atoms with Gasteiger partial charge < -0.3 is 66.7 Å². The fourth-order valence-corrected chi connectivity index (χ4v) is 6.78. The number of phenolic OH excluding ortho intramolecular Hbond substituents is 1. The second-order valence-corrected chi connectivity index (χ2v) is 16.4. The van der Waals surface area contributed by atoms with Crippen molar-refractivity contribution in [2.24, 2.45) is 15.4 Å². The van der Waals surface area contributed by atoms with Crippen molar-refractivity contribution in [1.82, 2.24) is 21.3 Å². The van der Waals surface area contributed by atoms with Crippen LogP contribution in [0, 0.1) is 5.41 Å². The Morgan fingerprint density at radius 2 is 1.26 bits per heavy atom. The molecule has 3 aromatic rings. The van der Waals surface area contributed by atoms with Crippen molar-refractivity contribution in [3.63, 3.8) is 0 Å². The van der Waals surface area contributed by atoms with E-state index in [1.165, 1.54) is 13.2 Å². The second kappa shape index (κ2) is 28.2. The first-order chi connectivity index (χ1) is 33.2. The van der Waals surface area contributed by atoms with E-state index in [0.717, 1.165) is 11.1 Å². The fraction of sp³-hybridized carbons (Fsp3) is 0.404. The zero-order chi connectivity index (χ0) is 51.8. The molecule has 378 valence electrons. The Labute approximate surface area is 402 Å². The van der Waals surface area contributed by atoms with Gasteiger partial charge in [0.15, 0.2) is 0 Å². The molecule has 3 rings (SSSR count). The van der Waals surface area contributed by atoms with E-state index in [2.05, 4.69) is 26.3 Å². The van der Waals surface area contributed by atoms with Crippen molar-refractivity contribution in [3.8, 4) is 17.2 Å². The summed E-state index contributed by atoms with van der Waals surface area (Å²) in [6, 6.07) is 11.6. The average Bonchev–Trinajstić information content (AvgIpc) is 3.30. The maximum atomic E-state index is 13.5. The Balaban J connectivity index is 1.67. The van der Waals surface area contributed by atoms with Gasteiger partial charge in [-0.15, -0.1) is 0 Å². The van der Waals surface area contributed by atoms with Crippen molar-refractivity contribution in [1.29, 1.82) is 0 Å². The number of hydrogen-bond donors (Lipinski definition) is 11. The number of ether oxygens (including phenoxy) is 2. The molecule has 0 spiro atoms. The first-order valence-electron chi connectivity index (χ1n) is 21.8. The number of urea groups is 1. The zero-order valence-corrected chi connectivity index (χ0v) is 38.8. The number of anilines is 1. The van der Waals surface area contributed by atoms with Crippen LogP contribution in [0.25, 0.3) is 0 Å². The number of hydrogen-bond acceptors (Lipinski definition) is 14. The van der Waals surface area contributed by atoms with Crippen LogP contribution in [0.1, 0.15) is 68.6 Å². The van der Waals surface area contributed by atoms with Crippen LogP contribution in [0.4, 0.5) is 10.5 Å². The van der Waals surface area contributed by atoms with Crippen molar-refractivity contribution in [2.45, 2.75) is 82.5 Å². The van der Waals surface area contributed by atoms with Crippen molar-refractivity contribution < 1.29 is 78.5 Å². The fourth-order valence-electron chi connectivity index (χ4n) is 6.78. The number of amides is 4. The van der Waals surface area contributed by atoms with Gasteiger partial charge in [-0.05, 0) is 85.7 Å². The summed E-state index contributed by atoms with van der Waals surface area (Å²) in [6.45, 7) is 2.48. The predicted molar refractivity (Wildman–Crippen MR) is 253 cm³/mol. The molecule has 0 bridgehead atoms. The van der Waals surface area contributed by atoms with Crippen LogP contribution in [0.3, 0.4) is 0 Å². The van der Waals surface area contributed by atoms with E-state index >= 15 is 0 Å². The van der Waals surface area contributed by atoms with Gasteiger partial charge in [-0.3, -0.25) is 34.0 Å². The number of aliphatic imine (C=N–C) groups is 2. The smallest absolute Gasteiger partial charge is 0.326 e. The second-order valence-electron chi connectivity index (χ2n) is 16.4. The van der Waals surface area contributed by atoms with Crippen molar-refractivity contribution >= 4 is 65.8 Å². The van der Waals surface area contributed by atoms with Crippen LogP contribution < -0.4 is 36.1 Å². The molecule has 0 aromatic heterocycles. The minimum Gasteiger partial charge on any atom is -0.507 e. The third-order valence-electron chi connectivity index (χ3n) is 10.5. The summed E-state index contributed by atoms with van der Waals surface area (Å²) in [5.74, 6) is -7.79. The number of nitrogens with one attached hydrogen (secondary N) is 5. The van der Waals surface area contributed by atoms with Crippen molar-refractivity contribution in [2.75, 3.05) is 39.2 Å². The van der Waals surface area contributed by atoms with Gasteiger partial charge in [-0.1, -0.05) is 31.2 Å². The lowest BCUT2D eigenvalue weighted by Gasteiger charge is -2.26. The number of nitrogens with zero attached hydrogens (tertiary/aromatic N) is 2. The van der Waals surface area contributed by atoms with Crippen LogP contribution in [0.15, 0.2) is 76.7 Å². The number of unbranched alkanes of at least 4 members (excludes halogenated alkanes) is 1. The normalized spacial score (nSPS) is 13.7. The molecular formula is C47H59N7O16. The lowest BCUT2D eigenvalue weighted by atomic mass is 9.83. The highest BCUT2D eigenvalue weighted by Gasteiger charge is 2.30. The van der Waals surface area contributed by atoms with Gasteiger partial charge >= 0.3 is 35.9 Å². The lowest BCUT2D eigenvalue weighted by Crippen LogP contribution is -2.52. The van der Waals surface area contributed by atoms with Gasteiger partial charge in [-0.25, -0.2) is 14.4 Å². The Bertz CT molecular complexity index is 2360. The molecule has 0 aliphatic carbocycles. The zero-order valence-electron chi connectivity index (χ0n) is 38.8. The molecule has 0 aliphatic rings. The minimum atomic E-state index is -1.65. The average molecular weight is 978 g/mol. The molecule has 0 saturated heterocycles. The Morgan fingerprint density at radius 1 is 0.657 bits per heavy atom. The molecule has 4 amide bonds. The molecule has 0 fully saturated rings. The van der Waals surface area contributed by atoms with Gasteiger partial charge in [-0.2, -0.15) is 0 Å². The number of phenols is 1. The SMILES string of the molecule is COc1cccc(C=NCC(C)(CN=Cc2cc(OC)ccc2O)Cc2ccc(NC(CC(=O)O)C(=O)NC(CC(=O)O)C(=O)NCCCCC(NC(=O)NC(CCC(=O)O)C(=O)O)C(=O)O)cc2)c1. The van der Waals surface area contributed by atoms with E-state index in [1.54, 1.807) is 55.9 Å². The summed E-state index contributed by atoms with van der Waals surface area (Å²) >= 11 is 0. The summed E-state index contributed by atoms with van der Waals surface area (Å²) in [5.41, 5.74) is 1.88. The van der Waals surface area contributed by atoms with Crippen LogP contribution in [-0.2, 0) is 40.0 Å². The van der Waals surface area contributed by atoms with E-state index in [4.69, 9.17) is 19.6 Å². The number of rotatable bonds is 31. The monoisotopic (exact) mass is 977 g/mol.